The van der Waals surface area contributed by atoms with E-state index < -0.39 is 0 Å². The van der Waals surface area contributed by atoms with Crippen molar-refractivity contribution in [3.05, 3.63) is 10.5 Å². The Morgan fingerprint density at radius 1 is 1.35 bits per heavy atom. The van der Waals surface area contributed by atoms with E-state index in [1.54, 1.807) is 0 Å². The van der Waals surface area contributed by atoms with Crippen LogP contribution in [0.2, 0.25) is 0 Å². The van der Waals surface area contributed by atoms with Gasteiger partial charge in [-0.1, -0.05) is 6.92 Å². The van der Waals surface area contributed by atoms with Crippen molar-refractivity contribution >= 4 is 23.4 Å². The number of aromatic amines is 1. The minimum absolute atomic E-state index is 0.00866. The molecule has 0 fully saturated rings. The molecule has 0 aliphatic rings. The number of imidazole rings is 1. The summed E-state index contributed by atoms with van der Waals surface area (Å²) in [4.78, 5) is 3.28. The van der Waals surface area contributed by atoms with Crippen molar-refractivity contribution in [3.63, 3.8) is 0 Å². The van der Waals surface area contributed by atoms with Crippen molar-refractivity contribution in [2.75, 3.05) is 0 Å². The van der Waals surface area contributed by atoms with Gasteiger partial charge < -0.3 is 4.98 Å². The molecule has 0 unspecified atom stereocenters. The first kappa shape index (κ1) is 12.4. The van der Waals surface area contributed by atoms with Gasteiger partial charge >= 0.3 is 0 Å². The van der Waals surface area contributed by atoms with Crippen LogP contribution in [-0.4, -0.2) is 19.3 Å². The molecule has 0 saturated carbocycles. The maximum absolute atomic E-state index is 5.45. The number of nitrogens with zero attached hydrogens (tertiary/aromatic N) is 3. The fourth-order valence-corrected chi connectivity index (χ4v) is 2.58. The van der Waals surface area contributed by atoms with Crippen LogP contribution in [-0.2, 0) is 12.1 Å². The molecule has 2 aromatic rings. The lowest BCUT2D eigenvalue weighted by Gasteiger charge is -2.25. The highest BCUT2D eigenvalue weighted by molar-refractivity contribution is 7.71. The van der Waals surface area contributed by atoms with Gasteiger partial charge in [-0.25, -0.2) is 4.68 Å². The van der Waals surface area contributed by atoms with Gasteiger partial charge in [-0.05, 0) is 46.3 Å². The Morgan fingerprint density at radius 3 is 2.53 bits per heavy atom. The summed E-state index contributed by atoms with van der Waals surface area (Å²) in [5, 5.41) is 4.54. The van der Waals surface area contributed by atoms with E-state index in [0.29, 0.717) is 0 Å². The number of hydrogen-bond acceptors (Lipinski definition) is 2. The van der Waals surface area contributed by atoms with Crippen LogP contribution in [0, 0.1) is 11.7 Å². The van der Waals surface area contributed by atoms with Gasteiger partial charge in [-0.2, -0.15) is 5.10 Å². The molecule has 4 nitrogen and oxygen atoms in total. The molecule has 0 amide bonds. The van der Waals surface area contributed by atoms with E-state index in [-0.39, 0.29) is 5.54 Å². The molecule has 0 atom stereocenters. The second-order valence-electron chi connectivity index (χ2n) is 5.03. The second kappa shape index (κ2) is 3.98. The van der Waals surface area contributed by atoms with E-state index in [0.717, 1.165) is 34.6 Å². The van der Waals surface area contributed by atoms with E-state index in [2.05, 4.69) is 42.3 Å². The first-order valence-corrected chi connectivity index (χ1v) is 6.51. The van der Waals surface area contributed by atoms with Crippen LogP contribution >= 0.6 is 12.2 Å². The van der Waals surface area contributed by atoms with Gasteiger partial charge in [0.05, 0.1) is 5.69 Å². The Morgan fingerprint density at radius 2 is 2.00 bits per heavy atom. The lowest BCUT2D eigenvalue weighted by Crippen LogP contribution is -2.26. The summed E-state index contributed by atoms with van der Waals surface area (Å²) in [7, 11) is 0. The quantitative estimate of drug-likeness (QED) is 0.851. The maximum Gasteiger partial charge on any atom is 0.179 e. The minimum Gasteiger partial charge on any atom is -0.328 e. The molecule has 17 heavy (non-hydrogen) atoms. The van der Waals surface area contributed by atoms with E-state index in [1.807, 2.05) is 11.6 Å². The summed E-state index contributed by atoms with van der Waals surface area (Å²) in [6.07, 6.45) is 1.03. The highest BCUT2D eigenvalue weighted by atomic mass is 32.1. The molecule has 2 rings (SSSR count). The van der Waals surface area contributed by atoms with Gasteiger partial charge in [0.15, 0.2) is 10.4 Å². The van der Waals surface area contributed by atoms with Crippen molar-refractivity contribution in [2.24, 2.45) is 0 Å². The summed E-state index contributed by atoms with van der Waals surface area (Å²) in [5.74, 6) is 0. The van der Waals surface area contributed by atoms with E-state index in [4.69, 9.17) is 12.2 Å². The number of hydrogen-bond donors (Lipinski definition) is 1. The summed E-state index contributed by atoms with van der Waals surface area (Å²) in [6.45, 7) is 11.6. The maximum atomic E-state index is 5.45. The zero-order valence-corrected chi connectivity index (χ0v) is 12.0. The van der Waals surface area contributed by atoms with Gasteiger partial charge in [0.25, 0.3) is 0 Å². The lowest BCUT2D eigenvalue weighted by atomic mass is 10.0. The third-order valence-corrected chi connectivity index (χ3v) is 3.80. The molecule has 0 radical (unpaired) electrons. The van der Waals surface area contributed by atoms with E-state index >= 15 is 0 Å². The molecule has 0 saturated heterocycles. The molecule has 5 heteroatoms. The molecule has 0 aliphatic heterocycles. The van der Waals surface area contributed by atoms with Crippen molar-refractivity contribution in [3.8, 4) is 0 Å². The Balaban J connectivity index is 2.87. The smallest absolute Gasteiger partial charge is 0.179 e. The zero-order chi connectivity index (χ0) is 12.8. The topological polar surface area (TPSA) is 38.5 Å². The van der Waals surface area contributed by atoms with Crippen LogP contribution in [0.4, 0.5) is 0 Å². The average molecular weight is 252 g/mol. The van der Waals surface area contributed by atoms with Crippen molar-refractivity contribution in [1.82, 2.24) is 19.3 Å². The minimum atomic E-state index is 0.00866. The fraction of sp³-hybridized carbons (Fsp3) is 0.667. The summed E-state index contributed by atoms with van der Waals surface area (Å²) >= 11 is 5.45. The number of H-pyrrole nitrogens is 1. The molecule has 0 spiro atoms. The Kier molecular flexibility index (Phi) is 2.89. The largest absolute Gasteiger partial charge is 0.328 e. The molecular weight excluding hydrogens is 232 g/mol. The number of rotatable bonds is 3. The monoisotopic (exact) mass is 252 g/mol. The number of nitrogens with one attached hydrogen (secondary N) is 1. The highest BCUT2D eigenvalue weighted by Gasteiger charge is 2.24. The van der Waals surface area contributed by atoms with Crippen molar-refractivity contribution in [2.45, 2.75) is 53.1 Å². The highest BCUT2D eigenvalue weighted by Crippen LogP contribution is 2.27. The van der Waals surface area contributed by atoms with Gasteiger partial charge in [0.1, 0.15) is 5.52 Å². The number of aryl methyl sites for hydroxylation is 2. The van der Waals surface area contributed by atoms with Crippen LogP contribution in [0.5, 0.6) is 0 Å². The first-order chi connectivity index (χ1) is 7.92. The summed E-state index contributed by atoms with van der Waals surface area (Å²) < 4.78 is 5.00. The summed E-state index contributed by atoms with van der Waals surface area (Å²) in [5.41, 5.74) is 3.20. The predicted octanol–water partition coefficient (Wildman–Crippen LogP) is 3.37. The second-order valence-corrected chi connectivity index (χ2v) is 5.42. The lowest BCUT2D eigenvalue weighted by molar-refractivity contribution is 0.342. The molecule has 0 aromatic carbocycles. The molecule has 1 N–H and O–H groups in total. The molecule has 94 valence electrons. The predicted molar refractivity (Wildman–Crippen MR) is 72.9 cm³/mol. The van der Waals surface area contributed by atoms with Gasteiger partial charge in [-0.15, -0.1) is 0 Å². The Hall–Kier alpha value is -1.10. The van der Waals surface area contributed by atoms with Crippen molar-refractivity contribution < 1.29 is 0 Å². The Bertz CT molecular complexity index is 600. The van der Waals surface area contributed by atoms with Crippen LogP contribution in [0.25, 0.3) is 11.2 Å². The van der Waals surface area contributed by atoms with Crippen LogP contribution < -0.4 is 0 Å². The van der Waals surface area contributed by atoms with Crippen LogP contribution in [0.15, 0.2) is 0 Å². The molecule has 2 heterocycles. The van der Waals surface area contributed by atoms with Gasteiger partial charge in [0.2, 0.25) is 0 Å². The van der Waals surface area contributed by atoms with Crippen LogP contribution in [0.3, 0.4) is 0 Å². The van der Waals surface area contributed by atoms with Gasteiger partial charge in [-0.3, -0.25) is 4.57 Å². The van der Waals surface area contributed by atoms with Gasteiger partial charge in [0, 0.05) is 12.1 Å². The normalized spacial score (nSPS) is 12.5. The average Bonchev–Trinajstić information content (AvgIpc) is 2.76. The third kappa shape index (κ3) is 1.73. The SMILES string of the molecule is CCn1nc(C)c2[nH]c(=S)n(C(C)(C)CC)c21. The van der Waals surface area contributed by atoms with E-state index in [9.17, 15) is 0 Å². The first-order valence-electron chi connectivity index (χ1n) is 6.11. The number of fused-ring (bicyclic) bond motifs is 1. The molecular formula is C12H20N4S. The zero-order valence-electron chi connectivity index (χ0n) is 11.2. The molecule has 2 aromatic heterocycles. The Labute approximate surface area is 107 Å². The van der Waals surface area contributed by atoms with E-state index in [1.165, 1.54) is 0 Å². The van der Waals surface area contributed by atoms with Crippen molar-refractivity contribution in [1.29, 1.82) is 0 Å². The third-order valence-electron chi connectivity index (χ3n) is 3.52. The standard InChI is InChI=1S/C12H20N4S/c1-6-12(4,5)16-10-9(13-11(16)17)8(3)14-15(10)7-2/h6-7H2,1-5H3,(H,13,17). The molecule has 0 aliphatic carbocycles. The van der Waals surface area contributed by atoms with Crippen LogP contribution in [0.1, 0.15) is 39.8 Å². The number of aromatic nitrogens is 4. The summed E-state index contributed by atoms with van der Waals surface area (Å²) in [6, 6.07) is 0. The fourth-order valence-electron chi connectivity index (χ4n) is 2.14. The molecule has 0 bridgehead atoms.